The molecule has 2 N–H and O–H groups in total. The van der Waals surface area contributed by atoms with Crippen LogP contribution >= 0.6 is 0 Å². The fourth-order valence-electron chi connectivity index (χ4n) is 1.74. The van der Waals surface area contributed by atoms with Crippen molar-refractivity contribution in [1.82, 2.24) is 9.78 Å². The number of hydrogen-bond donors (Lipinski definition) is 1. The molecule has 1 aromatic carbocycles. The summed E-state index contributed by atoms with van der Waals surface area (Å²) < 4.78 is 52.9. The van der Waals surface area contributed by atoms with Gasteiger partial charge in [-0.25, -0.2) is 4.39 Å². The van der Waals surface area contributed by atoms with E-state index in [0.29, 0.717) is 6.07 Å². The molecule has 0 aliphatic heterocycles. The zero-order chi connectivity index (χ0) is 13.5. The number of hydrogen-bond acceptors (Lipinski definition) is 2. The highest BCUT2D eigenvalue weighted by Gasteiger charge is 2.35. The molecule has 3 nitrogen and oxygen atoms in total. The van der Waals surface area contributed by atoms with Crippen LogP contribution < -0.4 is 5.73 Å². The molecule has 0 atom stereocenters. The molecule has 96 valence electrons. The second-order valence-corrected chi connectivity index (χ2v) is 3.76. The molecule has 7 heteroatoms. The Hall–Kier alpha value is -2.05. The van der Waals surface area contributed by atoms with Gasteiger partial charge in [0.25, 0.3) is 0 Å². The summed E-state index contributed by atoms with van der Waals surface area (Å²) in [4.78, 5) is 0. The Morgan fingerprint density at radius 3 is 2.44 bits per heavy atom. The van der Waals surface area contributed by atoms with Crippen molar-refractivity contribution in [2.75, 3.05) is 5.73 Å². The normalized spacial score (nSPS) is 11.8. The molecule has 0 fully saturated rings. The number of rotatable bonds is 1. The zero-order valence-electron chi connectivity index (χ0n) is 9.29. The van der Waals surface area contributed by atoms with E-state index >= 15 is 0 Å². The molecule has 0 saturated heterocycles. The van der Waals surface area contributed by atoms with Gasteiger partial charge in [-0.1, -0.05) is 0 Å². The third-order valence-electron chi connectivity index (χ3n) is 2.51. The second kappa shape index (κ2) is 4.01. The maximum absolute atomic E-state index is 13.2. The van der Waals surface area contributed by atoms with Gasteiger partial charge in [0, 0.05) is 12.6 Å². The van der Waals surface area contributed by atoms with Gasteiger partial charge in [0.2, 0.25) is 0 Å². The average molecular weight is 259 g/mol. The van der Waals surface area contributed by atoms with Crippen molar-refractivity contribution in [1.29, 1.82) is 0 Å². The van der Waals surface area contributed by atoms with Gasteiger partial charge in [-0.05, 0) is 18.2 Å². The molecule has 0 radical (unpaired) electrons. The summed E-state index contributed by atoms with van der Waals surface area (Å²) in [6, 6.07) is 2.26. The van der Waals surface area contributed by atoms with Crippen LogP contribution in [0.5, 0.6) is 0 Å². The first kappa shape index (κ1) is 12.4. The van der Waals surface area contributed by atoms with E-state index in [1.165, 1.54) is 17.9 Å². The van der Waals surface area contributed by atoms with Crippen LogP contribution in [-0.2, 0) is 13.2 Å². The molecule has 2 aromatic rings. The van der Waals surface area contributed by atoms with Crippen LogP contribution in [0.1, 0.15) is 5.56 Å². The van der Waals surface area contributed by atoms with Gasteiger partial charge in [0.1, 0.15) is 5.82 Å². The monoisotopic (exact) mass is 259 g/mol. The average Bonchev–Trinajstić information content (AvgIpc) is 2.56. The second-order valence-electron chi connectivity index (χ2n) is 3.76. The number of nitrogen functional groups attached to an aromatic ring is 1. The minimum atomic E-state index is -4.58. The van der Waals surface area contributed by atoms with E-state index in [-0.39, 0.29) is 16.9 Å². The highest BCUT2D eigenvalue weighted by Crippen LogP contribution is 2.38. The van der Waals surface area contributed by atoms with Crippen molar-refractivity contribution in [2.45, 2.75) is 6.18 Å². The number of aromatic nitrogens is 2. The van der Waals surface area contributed by atoms with E-state index < -0.39 is 17.6 Å². The van der Waals surface area contributed by atoms with E-state index in [4.69, 9.17) is 5.73 Å². The van der Waals surface area contributed by atoms with Crippen molar-refractivity contribution >= 4 is 5.69 Å². The smallest absolute Gasteiger partial charge is 0.396 e. The molecular formula is C11H9F4N3. The van der Waals surface area contributed by atoms with Gasteiger partial charge in [0.15, 0.2) is 0 Å². The predicted molar refractivity (Wildman–Crippen MR) is 58.0 cm³/mol. The van der Waals surface area contributed by atoms with E-state index in [1.54, 1.807) is 0 Å². The Bertz CT molecular complexity index is 567. The van der Waals surface area contributed by atoms with Crippen LogP contribution in [-0.4, -0.2) is 9.78 Å². The van der Waals surface area contributed by atoms with Gasteiger partial charge in [0.05, 0.1) is 23.1 Å². The van der Waals surface area contributed by atoms with Crippen LogP contribution in [0.4, 0.5) is 23.2 Å². The number of benzene rings is 1. The van der Waals surface area contributed by atoms with Crippen molar-refractivity contribution in [2.24, 2.45) is 7.05 Å². The molecule has 0 saturated carbocycles. The third kappa shape index (κ3) is 2.03. The molecule has 0 amide bonds. The molecule has 0 unspecified atom stereocenters. The standard InChI is InChI=1S/C11H9F4N3/c1-18-10(9(16)5-17-18)7-4-6(12)2-3-8(7)11(13,14)15/h2-5H,16H2,1H3. The molecule has 18 heavy (non-hydrogen) atoms. The fourth-order valence-corrected chi connectivity index (χ4v) is 1.74. The molecule has 0 spiro atoms. The predicted octanol–water partition coefficient (Wildman–Crippen LogP) is 2.83. The minimum absolute atomic E-state index is 0.0434. The summed E-state index contributed by atoms with van der Waals surface area (Å²) in [5.74, 6) is -0.765. The first-order chi connectivity index (χ1) is 8.30. The maximum Gasteiger partial charge on any atom is 0.417 e. The van der Waals surface area contributed by atoms with Crippen LogP contribution in [0.2, 0.25) is 0 Å². The Morgan fingerprint density at radius 1 is 1.28 bits per heavy atom. The SMILES string of the molecule is Cn1ncc(N)c1-c1cc(F)ccc1C(F)(F)F. The first-order valence-corrected chi connectivity index (χ1v) is 4.95. The summed E-state index contributed by atoms with van der Waals surface area (Å²) in [6.45, 7) is 0. The number of anilines is 1. The number of aryl methyl sites for hydroxylation is 1. The number of halogens is 4. The molecule has 0 aliphatic carbocycles. The van der Waals surface area contributed by atoms with Crippen molar-refractivity contribution < 1.29 is 17.6 Å². The largest absolute Gasteiger partial charge is 0.417 e. The zero-order valence-corrected chi connectivity index (χ0v) is 9.29. The third-order valence-corrected chi connectivity index (χ3v) is 2.51. The highest BCUT2D eigenvalue weighted by atomic mass is 19.4. The molecule has 0 aliphatic rings. The Balaban J connectivity index is 2.74. The summed E-state index contributed by atoms with van der Waals surface area (Å²) >= 11 is 0. The lowest BCUT2D eigenvalue weighted by Gasteiger charge is -2.13. The molecule has 1 heterocycles. The molecular weight excluding hydrogens is 250 g/mol. The van der Waals surface area contributed by atoms with Crippen molar-refractivity contribution in [3.05, 3.63) is 35.8 Å². The van der Waals surface area contributed by atoms with Gasteiger partial charge >= 0.3 is 6.18 Å². The van der Waals surface area contributed by atoms with E-state index in [0.717, 1.165) is 12.1 Å². The van der Waals surface area contributed by atoms with Crippen LogP contribution in [0, 0.1) is 5.82 Å². The van der Waals surface area contributed by atoms with Crippen molar-refractivity contribution in [3.63, 3.8) is 0 Å². The summed E-state index contributed by atoms with van der Waals surface area (Å²) in [6.07, 6.45) is -3.36. The van der Waals surface area contributed by atoms with Gasteiger partial charge in [-0.15, -0.1) is 0 Å². The number of nitrogens with zero attached hydrogens (tertiary/aromatic N) is 2. The van der Waals surface area contributed by atoms with Crippen LogP contribution in [0.15, 0.2) is 24.4 Å². The molecule has 0 bridgehead atoms. The molecule has 1 aromatic heterocycles. The quantitative estimate of drug-likeness (QED) is 0.800. The lowest BCUT2D eigenvalue weighted by Crippen LogP contribution is -2.09. The number of nitrogens with two attached hydrogens (primary N) is 1. The Morgan fingerprint density at radius 2 is 1.94 bits per heavy atom. The summed E-state index contributed by atoms with van der Waals surface area (Å²) in [5, 5.41) is 3.75. The van der Waals surface area contributed by atoms with E-state index in [1.807, 2.05) is 0 Å². The van der Waals surface area contributed by atoms with Gasteiger partial charge < -0.3 is 5.73 Å². The van der Waals surface area contributed by atoms with Gasteiger partial charge in [-0.2, -0.15) is 18.3 Å². The maximum atomic E-state index is 13.2. The Labute approximate surface area is 99.8 Å². The minimum Gasteiger partial charge on any atom is -0.396 e. The van der Waals surface area contributed by atoms with Crippen LogP contribution in [0.25, 0.3) is 11.3 Å². The first-order valence-electron chi connectivity index (χ1n) is 4.95. The summed E-state index contributed by atoms with van der Waals surface area (Å²) in [5.41, 5.74) is 4.40. The van der Waals surface area contributed by atoms with E-state index in [2.05, 4.69) is 5.10 Å². The topological polar surface area (TPSA) is 43.8 Å². The number of alkyl halides is 3. The van der Waals surface area contributed by atoms with E-state index in [9.17, 15) is 17.6 Å². The summed E-state index contributed by atoms with van der Waals surface area (Å²) in [7, 11) is 1.44. The fraction of sp³-hybridized carbons (Fsp3) is 0.182. The highest BCUT2D eigenvalue weighted by molar-refractivity contribution is 5.75. The Kier molecular flexibility index (Phi) is 2.76. The lowest BCUT2D eigenvalue weighted by atomic mass is 10.0. The molecule has 2 rings (SSSR count). The van der Waals surface area contributed by atoms with Gasteiger partial charge in [-0.3, -0.25) is 4.68 Å². The van der Waals surface area contributed by atoms with Crippen molar-refractivity contribution in [3.8, 4) is 11.3 Å². The van der Waals surface area contributed by atoms with Crippen LogP contribution in [0.3, 0.4) is 0 Å². The lowest BCUT2D eigenvalue weighted by molar-refractivity contribution is -0.137.